The van der Waals surface area contributed by atoms with E-state index in [2.05, 4.69) is 51.3 Å². The van der Waals surface area contributed by atoms with Crippen LogP contribution in [0.25, 0.3) is 6.08 Å². The Balaban J connectivity index is 1.41. The summed E-state index contributed by atoms with van der Waals surface area (Å²) in [6.07, 6.45) is 9.84. The quantitative estimate of drug-likeness (QED) is 0.817. The van der Waals surface area contributed by atoms with Crippen LogP contribution in [0, 0.1) is 0 Å². The molecular weight excluding hydrogens is 302 g/mol. The third kappa shape index (κ3) is 4.80. The Hall–Kier alpha value is -2.40. The first-order chi connectivity index (χ1) is 11.8. The molecule has 3 rings (SSSR count). The monoisotopic (exact) mass is 325 g/mol. The molecule has 2 heterocycles. The van der Waals surface area contributed by atoms with E-state index in [1.807, 2.05) is 6.07 Å². The largest absolute Gasteiger partial charge is 0.494 e. The lowest BCUT2D eigenvalue weighted by Gasteiger charge is -2.30. The number of benzene rings is 1. The molecule has 24 heavy (non-hydrogen) atoms. The van der Waals surface area contributed by atoms with Crippen molar-refractivity contribution in [1.82, 2.24) is 14.9 Å². The van der Waals surface area contributed by atoms with Gasteiger partial charge in [-0.1, -0.05) is 42.5 Å². The number of aromatic nitrogens is 2. The number of nitrogens with zero attached hydrogens (tertiary/aromatic N) is 3. The average Bonchev–Trinajstić information content (AvgIpc) is 2.65. The van der Waals surface area contributed by atoms with Crippen LogP contribution < -0.4 is 9.47 Å². The third-order valence-corrected chi connectivity index (χ3v) is 4.12. The highest BCUT2D eigenvalue weighted by Crippen LogP contribution is 2.17. The highest BCUT2D eigenvalue weighted by molar-refractivity contribution is 5.48. The van der Waals surface area contributed by atoms with Crippen LogP contribution in [0.2, 0.25) is 0 Å². The van der Waals surface area contributed by atoms with Crippen LogP contribution in [0.15, 0.2) is 48.8 Å². The highest BCUT2D eigenvalue weighted by atomic mass is 16.5. The standard InChI is InChI=1S/C19H23N3O2/c1-23-18-14-20-19(21-15-18)24-17-9-12-22(13-10-17)11-5-8-16-6-3-2-4-7-16/h2-8,14-15,17H,9-13H2,1H3/b8-5+. The summed E-state index contributed by atoms with van der Waals surface area (Å²) in [5.41, 5.74) is 1.24. The minimum atomic E-state index is 0.188. The predicted octanol–water partition coefficient (Wildman–Crippen LogP) is 3.04. The summed E-state index contributed by atoms with van der Waals surface area (Å²) in [6, 6.07) is 10.8. The summed E-state index contributed by atoms with van der Waals surface area (Å²) in [5, 5.41) is 0. The lowest BCUT2D eigenvalue weighted by Crippen LogP contribution is -2.38. The summed E-state index contributed by atoms with van der Waals surface area (Å²) in [4.78, 5) is 10.8. The van der Waals surface area contributed by atoms with E-state index in [4.69, 9.17) is 9.47 Å². The van der Waals surface area contributed by atoms with Crippen LogP contribution >= 0.6 is 0 Å². The molecule has 0 spiro atoms. The molecule has 126 valence electrons. The number of piperidine rings is 1. The fourth-order valence-corrected chi connectivity index (χ4v) is 2.73. The average molecular weight is 325 g/mol. The van der Waals surface area contributed by atoms with Gasteiger partial charge in [0, 0.05) is 19.6 Å². The fourth-order valence-electron chi connectivity index (χ4n) is 2.73. The fraction of sp³-hybridized carbons (Fsp3) is 0.368. The molecule has 1 fully saturated rings. The van der Waals surface area contributed by atoms with E-state index in [-0.39, 0.29) is 6.10 Å². The zero-order valence-electron chi connectivity index (χ0n) is 14.0. The minimum Gasteiger partial charge on any atom is -0.494 e. The van der Waals surface area contributed by atoms with Crippen LogP contribution in [0.5, 0.6) is 11.8 Å². The summed E-state index contributed by atoms with van der Waals surface area (Å²) in [7, 11) is 1.60. The zero-order chi connectivity index (χ0) is 16.6. The van der Waals surface area contributed by atoms with Crippen LogP contribution in [0.4, 0.5) is 0 Å². The van der Waals surface area contributed by atoms with Crippen molar-refractivity contribution in [2.75, 3.05) is 26.7 Å². The Kier molecular flexibility index (Phi) is 5.80. The van der Waals surface area contributed by atoms with Gasteiger partial charge in [-0.3, -0.25) is 4.90 Å². The number of likely N-dealkylation sites (tertiary alicyclic amines) is 1. The first-order valence-corrected chi connectivity index (χ1v) is 8.30. The molecule has 0 amide bonds. The summed E-state index contributed by atoms with van der Waals surface area (Å²) < 4.78 is 10.9. The van der Waals surface area contributed by atoms with E-state index < -0.39 is 0 Å². The topological polar surface area (TPSA) is 47.5 Å². The number of hydrogen-bond acceptors (Lipinski definition) is 5. The van der Waals surface area contributed by atoms with Crippen molar-refractivity contribution < 1.29 is 9.47 Å². The minimum absolute atomic E-state index is 0.188. The molecule has 0 aliphatic carbocycles. The number of ether oxygens (including phenoxy) is 2. The molecule has 0 radical (unpaired) electrons. The Bertz CT molecular complexity index is 635. The maximum absolute atomic E-state index is 5.85. The molecule has 1 aliphatic heterocycles. The SMILES string of the molecule is COc1cnc(OC2CCN(C/C=C/c3ccccc3)CC2)nc1. The van der Waals surface area contributed by atoms with Gasteiger partial charge < -0.3 is 9.47 Å². The normalized spacial score (nSPS) is 16.4. The number of methoxy groups -OCH3 is 1. The van der Waals surface area contributed by atoms with Gasteiger partial charge in [0.25, 0.3) is 0 Å². The van der Waals surface area contributed by atoms with Gasteiger partial charge in [0.2, 0.25) is 0 Å². The Morgan fingerprint density at radius 1 is 1.12 bits per heavy atom. The smallest absolute Gasteiger partial charge is 0.316 e. The molecule has 0 unspecified atom stereocenters. The van der Waals surface area contributed by atoms with Gasteiger partial charge in [0.1, 0.15) is 6.10 Å². The van der Waals surface area contributed by atoms with Gasteiger partial charge >= 0.3 is 6.01 Å². The van der Waals surface area contributed by atoms with Gasteiger partial charge in [-0.05, 0) is 18.4 Å². The maximum Gasteiger partial charge on any atom is 0.316 e. The molecule has 0 saturated carbocycles. The van der Waals surface area contributed by atoms with E-state index in [1.165, 1.54) is 5.56 Å². The van der Waals surface area contributed by atoms with Crippen molar-refractivity contribution in [3.63, 3.8) is 0 Å². The second-order valence-corrected chi connectivity index (χ2v) is 5.84. The molecule has 0 N–H and O–H groups in total. The van der Waals surface area contributed by atoms with Gasteiger partial charge in [0.05, 0.1) is 19.5 Å². The van der Waals surface area contributed by atoms with Gasteiger partial charge in [0.15, 0.2) is 5.75 Å². The summed E-state index contributed by atoms with van der Waals surface area (Å²) >= 11 is 0. The lowest BCUT2D eigenvalue weighted by atomic mass is 10.1. The van der Waals surface area contributed by atoms with Gasteiger partial charge in [-0.2, -0.15) is 9.97 Å². The molecule has 5 nitrogen and oxygen atoms in total. The van der Waals surface area contributed by atoms with Crippen LogP contribution in [-0.4, -0.2) is 47.7 Å². The predicted molar refractivity (Wildman–Crippen MR) is 94.2 cm³/mol. The first kappa shape index (κ1) is 16.5. The van der Waals surface area contributed by atoms with E-state index in [9.17, 15) is 0 Å². The third-order valence-electron chi connectivity index (χ3n) is 4.12. The Labute approximate surface area is 143 Å². The Morgan fingerprint density at radius 2 is 1.83 bits per heavy atom. The Morgan fingerprint density at radius 3 is 2.50 bits per heavy atom. The molecule has 2 aromatic rings. The molecule has 1 aromatic heterocycles. The molecular formula is C19H23N3O2. The molecule has 0 atom stereocenters. The molecule has 1 aliphatic rings. The van der Waals surface area contributed by atoms with Gasteiger partial charge in [-0.15, -0.1) is 0 Å². The van der Waals surface area contributed by atoms with Crippen LogP contribution in [0.1, 0.15) is 18.4 Å². The van der Waals surface area contributed by atoms with Crippen molar-refractivity contribution in [2.24, 2.45) is 0 Å². The first-order valence-electron chi connectivity index (χ1n) is 8.30. The van der Waals surface area contributed by atoms with Crippen LogP contribution in [-0.2, 0) is 0 Å². The van der Waals surface area contributed by atoms with Crippen molar-refractivity contribution >= 4 is 6.08 Å². The van der Waals surface area contributed by atoms with Crippen molar-refractivity contribution in [1.29, 1.82) is 0 Å². The van der Waals surface area contributed by atoms with E-state index in [0.717, 1.165) is 32.5 Å². The van der Waals surface area contributed by atoms with Crippen LogP contribution in [0.3, 0.4) is 0 Å². The zero-order valence-corrected chi connectivity index (χ0v) is 14.0. The molecule has 1 saturated heterocycles. The van der Waals surface area contributed by atoms with E-state index in [0.29, 0.717) is 11.8 Å². The number of rotatable bonds is 6. The second-order valence-electron chi connectivity index (χ2n) is 5.84. The van der Waals surface area contributed by atoms with Crippen molar-refractivity contribution in [3.05, 3.63) is 54.4 Å². The summed E-state index contributed by atoms with van der Waals surface area (Å²) in [5.74, 6) is 0.641. The van der Waals surface area contributed by atoms with E-state index in [1.54, 1.807) is 19.5 Å². The summed E-state index contributed by atoms with van der Waals surface area (Å²) in [6.45, 7) is 3.03. The molecule has 1 aromatic carbocycles. The molecule has 5 heteroatoms. The number of hydrogen-bond donors (Lipinski definition) is 0. The molecule has 0 bridgehead atoms. The van der Waals surface area contributed by atoms with Crippen molar-refractivity contribution in [2.45, 2.75) is 18.9 Å². The van der Waals surface area contributed by atoms with Crippen molar-refractivity contribution in [3.8, 4) is 11.8 Å². The van der Waals surface area contributed by atoms with Gasteiger partial charge in [-0.25, -0.2) is 0 Å². The maximum atomic E-state index is 5.85. The lowest BCUT2D eigenvalue weighted by molar-refractivity contribution is 0.0983. The second kappa shape index (κ2) is 8.45. The van der Waals surface area contributed by atoms with E-state index >= 15 is 0 Å². The highest BCUT2D eigenvalue weighted by Gasteiger charge is 2.20.